The summed E-state index contributed by atoms with van der Waals surface area (Å²) < 4.78 is 0. The molecule has 4 nitrogen and oxygen atoms in total. The number of hydrogen-bond donors (Lipinski definition) is 0. The SMILES string of the molecule is c1ccc(-c2cc(-c3ccccc3)c3cc(N(c4ccc5nc(-c6ccccc6)cc(-c6ccccc6)c5c4)c4ccc5nc(-c6ccccc6)cc(-c6ccccc6)c5c4)ccc3n2)cc1. The second-order valence-corrected chi connectivity index (χ2v) is 16.8. The van der Waals surface area contributed by atoms with Gasteiger partial charge in [-0.15, -0.1) is 0 Å². The monoisotopic (exact) mass is 854 g/mol. The molecule has 0 unspecified atom stereocenters. The van der Waals surface area contributed by atoms with Crippen molar-refractivity contribution in [1.82, 2.24) is 15.0 Å². The molecule has 0 spiro atoms. The Hall–Kier alpha value is -8.99. The molecule has 0 fully saturated rings. The highest BCUT2D eigenvalue weighted by molar-refractivity contribution is 6.04. The van der Waals surface area contributed by atoms with E-state index in [1.54, 1.807) is 0 Å². The summed E-state index contributed by atoms with van der Waals surface area (Å²) in [6.45, 7) is 0. The lowest BCUT2D eigenvalue weighted by atomic mass is 9.96. The van der Waals surface area contributed by atoms with Crippen LogP contribution in [0.15, 0.2) is 255 Å². The number of anilines is 3. The zero-order valence-electron chi connectivity index (χ0n) is 36.5. The van der Waals surface area contributed by atoms with E-state index in [4.69, 9.17) is 15.0 Å². The molecule has 12 aromatic rings. The third kappa shape index (κ3) is 7.67. The van der Waals surface area contributed by atoms with Crippen LogP contribution in [-0.4, -0.2) is 15.0 Å². The van der Waals surface area contributed by atoms with Gasteiger partial charge in [-0.2, -0.15) is 0 Å². The van der Waals surface area contributed by atoms with Crippen molar-refractivity contribution < 1.29 is 0 Å². The molecule has 4 heteroatoms. The van der Waals surface area contributed by atoms with Crippen LogP contribution < -0.4 is 4.90 Å². The van der Waals surface area contributed by atoms with Crippen LogP contribution in [0, 0.1) is 0 Å². The molecule has 314 valence electrons. The predicted octanol–water partition coefficient (Wildman–Crippen LogP) is 16.8. The van der Waals surface area contributed by atoms with E-state index in [0.29, 0.717) is 0 Å². The van der Waals surface area contributed by atoms with Gasteiger partial charge in [0.15, 0.2) is 0 Å². The number of rotatable bonds is 9. The van der Waals surface area contributed by atoms with Crippen LogP contribution in [0.25, 0.3) is 99.9 Å². The zero-order valence-corrected chi connectivity index (χ0v) is 36.5. The summed E-state index contributed by atoms with van der Waals surface area (Å²) in [4.78, 5) is 18.2. The van der Waals surface area contributed by atoms with E-state index in [2.05, 4.69) is 241 Å². The number of hydrogen-bond acceptors (Lipinski definition) is 4. The van der Waals surface area contributed by atoms with Gasteiger partial charge in [0.2, 0.25) is 0 Å². The molecule has 12 rings (SSSR count). The lowest BCUT2D eigenvalue weighted by molar-refractivity contribution is 1.29. The van der Waals surface area contributed by atoms with E-state index in [9.17, 15) is 0 Å². The Bertz CT molecular complexity index is 3320. The Morgan fingerprint density at radius 3 is 0.716 bits per heavy atom. The lowest BCUT2D eigenvalue weighted by Crippen LogP contribution is -2.10. The van der Waals surface area contributed by atoms with Gasteiger partial charge >= 0.3 is 0 Å². The Morgan fingerprint density at radius 2 is 0.463 bits per heavy atom. The maximum Gasteiger partial charge on any atom is 0.0717 e. The van der Waals surface area contributed by atoms with Crippen LogP contribution in [0.1, 0.15) is 0 Å². The van der Waals surface area contributed by atoms with E-state index in [-0.39, 0.29) is 0 Å². The third-order valence-electron chi connectivity index (χ3n) is 12.6. The Morgan fingerprint density at radius 1 is 0.224 bits per heavy atom. The first-order chi connectivity index (χ1) is 33.2. The number of fused-ring (bicyclic) bond motifs is 3. The molecular formula is C63H42N4. The quantitative estimate of drug-likeness (QED) is 0.145. The summed E-state index contributed by atoms with van der Waals surface area (Å²) in [6, 6.07) is 90.0. The topological polar surface area (TPSA) is 41.9 Å². The average Bonchev–Trinajstić information content (AvgIpc) is 3.41. The van der Waals surface area contributed by atoms with Gasteiger partial charge in [-0.05, 0) is 106 Å². The van der Waals surface area contributed by atoms with Crippen molar-refractivity contribution in [3.8, 4) is 67.2 Å². The highest BCUT2D eigenvalue weighted by Gasteiger charge is 2.20. The summed E-state index contributed by atoms with van der Waals surface area (Å²) in [5, 5.41) is 3.19. The molecule has 0 radical (unpaired) electrons. The van der Waals surface area contributed by atoms with Crippen molar-refractivity contribution in [2.24, 2.45) is 0 Å². The van der Waals surface area contributed by atoms with Gasteiger partial charge in [0.25, 0.3) is 0 Å². The normalized spacial score (nSPS) is 11.3. The number of nitrogens with zero attached hydrogens (tertiary/aromatic N) is 4. The molecule has 0 amide bonds. The van der Waals surface area contributed by atoms with E-state index in [1.165, 1.54) is 0 Å². The number of benzene rings is 9. The molecule has 67 heavy (non-hydrogen) atoms. The summed E-state index contributed by atoms with van der Waals surface area (Å²) in [7, 11) is 0. The first kappa shape index (κ1) is 39.6. The zero-order chi connectivity index (χ0) is 44.5. The second-order valence-electron chi connectivity index (χ2n) is 16.8. The van der Waals surface area contributed by atoms with Gasteiger partial charge in [-0.25, -0.2) is 15.0 Å². The maximum atomic E-state index is 5.28. The minimum Gasteiger partial charge on any atom is -0.310 e. The number of pyridine rings is 3. The first-order valence-corrected chi connectivity index (χ1v) is 22.7. The summed E-state index contributed by atoms with van der Waals surface area (Å²) in [5.74, 6) is 0. The van der Waals surface area contributed by atoms with Gasteiger partial charge < -0.3 is 4.90 Å². The smallest absolute Gasteiger partial charge is 0.0717 e. The van der Waals surface area contributed by atoms with Gasteiger partial charge in [-0.3, -0.25) is 0 Å². The van der Waals surface area contributed by atoms with E-state index < -0.39 is 0 Å². The molecule has 0 bridgehead atoms. The minimum atomic E-state index is 0.925. The largest absolute Gasteiger partial charge is 0.310 e. The summed E-state index contributed by atoms with van der Waals surface area (Å²) in [6.07, 6.45) is 0. The maximum absolute atomic E-state index is 5.28. The molecule has 0 aliphatic carbocycles. The van der Waals surface area contributed by atoms with Crippen molar-refractivity contribution >= 4 is 49.8 Å². The van der Waals surface area contributed by atoms with Crippen LogP contribution in [0.3, 0.4) is 0 Å². The highest BCUT2D eigenvalue weighted by Crippen LogP contribution is 2.44. The average molecular weight is 855 g/mol. The van der Waals surface area contributed by atoms with E-state index in [1.807, 2.05) is 18.2 Å². The van der Waals surface area contributed by atoms with Gasteiger partial charge in [0.1, 0.15) is 0 Å². The van der Waals surface area contributed by atoms with Gasteiger partial charge in [0, 0.05) is 49.9 Å². The van der Waals surface area contributed by atoms with E-state index in [0.717, 1.165) is 117 Å². The molecular weight excluding hydrogens is 813 g/mol. The van der Waals surface area contributed by atoms with Crippen LogP contribution in [0.5, 0.6) is 0 Å². The fraction of sp³-hybridized carbons (Fsp3) is 0. The summed E-state index contributed by atoms with van der Waals surface area (Å²) in [5.41, 5.74) is 18.6. The molecule has 0 saturated heterocycles. The van der Waals surface area contributed by atoms with Crippen molar-refractivity contribution in [2.75, 3.05) is 4.90 Å². The molecule has 0 saturated carbocycles. The van der Waals surface area contributed by atoms with Crippen LogP contribution >= 0.6 is 0 Å². The predicted molar refractivity (Wildman–Crippen MR) is 280 cm³/mol. The van der Waals surface area contributed by atoms with Crippen LogP contribution in [-0.2, 0) is 0 Å². The standard InChI is InChI=1S/C63H42N4/c1-7-19-43(20-8-1)52-40-61(46-25-13-4-14-26-46)64-58-34-31-49(37-55(52)58)67(50-32-35-59-56(38-50)53(44-21-9-2-10-22-44)41-62(65-59)47-27-15-5-16-28-47)51-33-36-60-57(39-51)54(45-23-11-3-12-24-45)42-63(66-60)48-29-17-6-18-30-48/h1-42H. The third-order valence-corrected chi connectivity index (χ3v) is 12.6. The van der Waals surface area contributed by atoms with E-state index >= 15 is 0 Å². The molecule has 3 aromatic heterocycles. The van der Waals surface area contributed by atoms with Crippen LogP contribution in [0.2, 0.25) is 0 Å². The van der Waals surface area contributed by atoms with Crippen LogP contribution in [0.4, 0.5) is 17.1 Å². The van der Waals surface area contributed by atoms with Crippen molar-refractivity contribution in [3.63, 3.8) is 0 Å². The molecule has 3 heterocycles. The van der Waals surface area contributed by atoms with Crippen molar-refractivity contribution in [3.05, 3.63) is 255 Å². The summed E-state index contributed by atoms with van der Waals surface area (Å²) >= 11 is 0. The Balaban J connectivity index is 1.11. The number of aromatic nitrogens is 3. The van der Waals surface area contributed by atoms with Gasteiger partial charge in [-0.1, -0.05) is 182 Å². The Kier molecular flexibility index (Phi) is 10.2. The van der Waals surface area contributed by atoms with Crippen molar-refractivity contribution in [1.29, 1.82) is 0 Å². The molecule has 0 aliphatic rings. The molecule has 0 aliphatic heterocycles. The minimum absolute atomic E-state index is 0.925. The highest BCUT2D eigenvalue weighted by atomic mass is 15.1. The fourth-order valence-corrected chi connectivity index (χ4v) is 9.35. The Labute approximate surface area is 389 Å². The fourth-order valence-electron chi connectivity index (χ4n) is 9.35. The molecule has 0 N–H and O–H groups in total. The lowest BCUT2D eigenvalue weighted by Gasteiger charge is -2.27. The molecule has 0 atom stereocenters. The first-order valence-electron chi connectivity index (χ1n) is 22.7. The second kappa shape index (κ2) is 17.2. The van der Waals surface area contributed by atoms with Crippen molar-refractivity contribution in [2.45, 2.75) is 0 Å². The molecule has 9 aromatic carbocycles. The van der Waals surface area contributed by atoms with Gasteiger partial charge in [0.05, 0.1) is 33.6 Å².